The van der Waals surface area contributed by atoms with E-state index in [1.54, 1.807) is 7.11 Å². The molecule has 2 spiro atoms. The van der Waals surface area contributed by atoms with Crippen LogP contribution in [0.1, 0.15) is 50.7 Å². The zero-order valence-electron chi connectivity index (χ0n) is 17.1. The summed E-state index contributed by atoms with van der Waals surface area (Å²) in [5.74, 6) is 1.38. The lowest BCUT2D eigenvalue weighted by atomic mass is 9.47. The number of hydrogen-bond donors (Lipinski definition) is 0. The molecule has 7 rings (SSSR count). The van der Waals surface area contributed by atoms with E-state index in [9.17, 15) is 0 Å². The second-order valence-electron chi connectivity index (χ2n) is 10.2. The summed E-state index contributed by atoms with van der Waals surface area (Å²) in [7, 11) is 3.49. The van der Waals surface area contributed by atoms with Crippen molar-refractivity contribution in [3.8, 4) is 5.95 Å². The average Bonchev–Trinajstić information content (AvgIpc) is 3.56. The quantitative estimate of drug-likeness (QED) is 0.742. The first kappa shape index (κ1) is 16.7. The largest absolute Gasteiger partial charge is 0.468 e. The van der Waals surface area contributed by atoms with Gasteiger partial charge >= 0.3 is 0 Å². The maximum Gasteiger partial charge on any atom is 0.287 e. The first-order valence-electron chi connectivity index (χ1n) is 10.6. The van der Waals surface area contributed by atoms with Crippen LogP contribution in [0.25, 0.3) is 0 Å². The standard InChI is InChI=1S/C22H28O6/c1-10(2)20-15(27-20)16-22(28-16)19(3)7-6-11-12(9-25-17(11)23-4)13(19)8-14-21(22,26-14)18(20)24-5/h9-10,13-16,18H,6-8H2,1-5H3/t13?,14?,15?,16?,18?,19-,20?,21?,22?/m0/s1. The van der Waals surface area contributed by atoms with E-state index in [0.717, 1.165) is 19.3 Å². The third-order valence-corrected chi connectivity index (χ3v) is 9.34. The van der Waals surface area contributed by atoms with Gasteiger partial charge in [0.25, 0.3) is 5.95 Å². The van der Waals surface area contributed by atoms with E-state index in [1.165, 1.54) is 11.1 Å². The van der Waals surface area contributed by atoms with Crippen LogP contribution < -0.4 is 4.74 Å². The first-order chi connectivity index (χ1) is 13.4. The van der Waals surface area contributed by atoms with Gasteiger partial charge in [0, 0.05) is 23.7 Å². The molecule has 0 aromatic carbocycles. The minimum atomic E-state index is -0.375. The van der Waals surface area contributed by atoms with Crippen molar-refractivity contribution in [2.75, 3.05) is 14.2 Å². The molecular formula is C22H28O6. The highest BCUT2D eigenvalue weighted by Gasteiger charge is 3.00. The summed E-state index contributed by atoms with van der Waals surface area (Å²) in [5, 5.41) is 0. The van der Waals surface area contributed by atoms with E-state index in [-0.39, 0.29) is 46.6 Å². The summed E-state index contributed by atoms with van der Waals surface area (Å²) in [6, 6.07) is 0. The fourth-order valence-electron chi connectivity index (χ4n) is 8.03. The number of methoxy groups -OCH3 is 2. The second-order valence-corrected chi connectivity index (χ2v) is 10.2. The predicted molar refractivity (Wildman–Crippen MR) is 97.5 cm³/mol. The third kappa shape index (κ3) is 1.35. The second kappa shape index (κ2) is 4.48. The first-order valence-corrected chi connectivity index (χ1v) is 10.6. The molecular weight excluding hydrogens is 360 g/mol. The van der Waals surface area contributed by atoms with Crippen molar-refractivity contribution in [3.63, 3.8) is 0 Å². The normalized spacial score (nSPS) is 56.6. The fourth-order valence-corrected chi connectivity index (χ4v) is 8.03. The van der Waals surface area contributed by atoms with Crippen molar-refractivity contribution in [3.05, 3.63) is 17.4 Å². The Balaban J connectivity index is 1.38. The van der Waals surface area contributed by atoms with Gasteiger partial charge in [-0.1, -0.05) is 20.8 Å². The molecule has 6 nitrogen and oxygen atoms in total. The van der Waals surface area contributed by atoms with Crippen LogP contribution in [0.3, 0.4) is 0 Å². The van der Waals surface area contributed by atoms with Crippen molar-refractivity contribution in [2.24, 2.45) is 11.3 Å². The summed E-state index contributed by atoms with van der Waals surface area (Å²) in [6.45, 7) is 6.86. The summed E-state index contributed by atoms with van der Waals surface area (Å²) >= 11 is 0. The van der Waals surface area contributed by atoms with Crippen LogP contribution in [0.4, 0.5) is 0 Å². The highest BCUT2D eigenvalue weighted by Crippen LogP contribution is 2.83. The molecule has 152 valence electrons. The van der Waals surface area contributed by atoms with Gasteiger partial charge in [-0.3, -0.25) is 0 Å². The molecule has 6 aliphatic rings. The van der Waals surface area contributed by atoms with E-state index in [4.69, 9.17) is 28.1 Å². The molecule has 2 saturated carbocycles. The molecule has 3 saturated heterocycles. The van der Waals surface area contributed by atoms with Crippen molar-refractivity contribution < 1.29 is 28.1 Å². The summed E-state index contributed by atoms with van der Waals surface area (Å²) in [5.41, 5.74) is 1.51. The lowest BCUT2D eigenvalue weighted by Crippen LogP contribution is -2.69. The van der Waals surface area contributed by atoms with Gasteiger partial charge in [-0.05, 0) is 31.1 Å². The molecule has 0 amide bonds. The Bertz CT molecular complexity index is 894. The van der Waals surface area contributed by atoms with E-state index < -0.39 is 0 Å². The van der Waals surface area contributed by atoms with E-state index >= 15 is 0 Å². The molecule has 3 aliphatic carbocycles. The predicted octanol–water partition coefficient (Wildman–Crippen LogP) is 2.83. The van der Waals surface area contributed by atoms with Crippen molar-refractivity contribution in [2.45, 2.75) is 87.2 Å². The number of fused-ring (bicyclic) bond motifs is 5. The van der Waals surface area contributed by atoms with Crippen molar-refractivity contribution >= 4 is 0 Å². The molecule has 6 heteroatoms. The number of hydrogen-bond acceptors (Lipinski definition) is 6. The Labute approximate surface area is 164 Å². The number of rotatable bonds is 3. The Morgan fingerprint density at radius 2 is 1.96 bits per heavy atom. The molecule has 9 atom stereocenters. The molecule has 1 aromatic rings. The maximum absolute atomic E-state index is 6.70. The van der Waals surface area contributed by atoms with Crippen molar-refractivity contribution in [1.29, 1.82) is 0 Å². The van der Waals surface area contributed by atoms with Gasteiger partial charge in [0.15, 0.2) is 5.60 Å². The minimum Gasteiger partial charge on any atom is -0.468 e. The van der Waals surface area contributed by atoms with Gasteiger partial charge in [0.1, 0.15) is 29.5 Å². The summed E-state index contributed by atoms with van der Waals surface area (Å²) in [6.07, 6.45) is 5.15. The monoisotopic (exact) mass is 388 g/mol. The zero-order valence-corrected chi connectivity index (χ0v) is 17.1. The minimum absolute atomic E-state index is 0.0293. The fraction of sp³-hybridized carbons (Fsp3) is 0.818. The van der Waals surface area contributed by atoms with Crippen LogP contribution in [0.5, 0.6) is 5.95 Å². The molecule has 0 N–H and O–H groups in total. The molecule has 1 aromatic heterocycles. The SMILES string of the molecule is COc1occ2c1CC[C@@]1(C)C2CC2OC23C(OC)C2(C(C)C)OC2C2OC231. The van der Waals surface area contributed by atoms with Crippen LogP contribution in [0.2, 0.25) is 0 Å². The average molecular weight is 388 g/mol. The van der Waals surface area contributed by atoms with Gasteiger partial charge in [-0.15, -0.1) is 0 Å². The lowest BCUT2D eigenvalue weighted by molar-refractivity contribution is -0.108. The van der Waals surface area contributed by atoms with E-state index in [1.807, 2.05) is 13.4 Å². The smallest absolute Gasteiger partial charge is 0.287 e. The Kier molecular flexibility index (Phi) is 2.67. The highest BCUT2D eigenvalue weighted by atomic mass is 16.8. The van der Waals surface area contributed by atoms with Gasteiger partial charge in [0.2, 0.25) is 0 Å². The van der Waals surface area contributed by atoms with Crippen LogP contribution in [-0.2, 0) is 25.4 Å². The summed E-state index contributed by atoms with van der Waals surface area (Å²) in [4.78, 5) is 0. The highest BCUT2D eigenvalue weighted by molar-refractivity contribution is 5.52. The third-order valence-electron chi connectivity index (χ3n) is 9.34. The Hall–Kier alpha value is -1.08. The zero-order chi connectivity index (χ0) is 19.3. The molecule has 28 heavy (non-hydrogen) atoms. The van der Waals surface area contributed by atoms with Crippen molar-refractivity contribution in [1.82, 2.24) is 0 Å². The number of ether oxygens (including phenoxy) is 5. The molecule has 4 heterocycles. The molecule has 5 fully saturated rings. The Morgan fingerprint density at radius 1 is 1.14 bits per heavy atom. The van der Waals surface area contributed by atoms with Crippen LogP contribution in [0, 0.1) is 11.3 Å². The van der Waals surface area contributed by atoms with Gasteiger partial charge < -0.3 is 28.1 Å². The van der Waals surface area contributed by atoms with Gasteiger partial charge in [0.05, 0.1) is 19.5 Å². The topological polar surface area (TPSA) is 69.2 Å². The molecule has 8 unspecified atom stereocenters. The summed E-state index contributed by atoms with van der Waals surface area (Å²) < 4.78 is 37.1. The maximum atomic E-state index is 6.70. The number of epoxide rings is 3. The van der Waals surface area contributed by atoms with Crippen LogP contribution in [0.15, 0.2) is 10.7 Å². The van der Waals surface area contributed by atoms with E-state index in [0.29, 0.717) is 17.8 Å². The Morgan fingerprint density at radius 3 is 2.68 bits per heavy atom. The van der Waals surface area contributed by atoms with Gasteiger partial charge in [-0.25, -0.2) is 0 Å². The molecule has 0 bridgehead atoms. The molecule has 3 aliphatic heterocycles. The van der Waals surface area contributed by atoms with Crippen LogP contribution >= 0.6 is 0 Å². The van der Waals surface area contributed by atoms with E-state index in [2.05, 4.69) is 20.8 Å². The lowest BCUT2D eigenvalue weighted by Gasteiger charge is -2.53. The molecule has 0 radical (unpaired) electrons. The van der Waals surface area contributed by atoms with Crippen LogP contribution in [-0.4, -0.2) is 55.4 Å². The number of furan rings is 1. The van der Waals surface area contributed by atoms with Gasteiger partial charge in [-0.2, -0.15) is 0 Å².